The van der Waals surface area contributed by atoms with Crippen molar-refractivity contribution in [2.75, 3.05) is 11.6 Å². The molecule has 0 bridgehead atoms. The topological polar surface area (TPSA) is 97.3 Å². The Hall–Kier alpha value is -2.86. The summed E-state index contributed by atoms with van der Waals surface area (Å²) in [4.78, 5) is 26.0. The van der Waals surface area contributed by atoms with Crippen LogP contribution in [-0.2, 0) is 10.0 Å². The van der Waals surface area contributed by atoms with Crippen LogP contribution < -0.4 is 15.6 Å². The van der Waals surface area contributed by atoms with Gasteiger partial charge in [-0.1, -0.05) is 17.7 Å². The number of urea groups is 1. The van der Waals surface area contributed by atoms with Crippen molar-refractivity contribution in [3.63, 3.8) is 0 Å². The molecule has 0 atom stereocenters. The fourth-order valence-corrected chi connectivity index (χ4v) is 5.92. The number of hydrogen-bond donors (Lipinski definition) is 2. The summed E-state index contributed by atoms with van der Waals surface area (Å²) in [6.45, 7) is 0. The van der Waals surface area contributed by atoms with Gasteiger partial charge in [0.15, 0.2) is 0 Å². The van der Waals surface area contributed by atoms with Crippen molar-refractivity contribution in [3.8, 4) is 5.69 Å². The Morgan fingerprint density at radius 1 is 1.12 bits per heavy atom. The molecule has 2 aromatic heterocycles. The molecule has 2 heterocycles. The monoisotopic (exact) mass is 523 g/mol. The minimum atomic E-state index is -4.12. The number of carbonyl (C=O) groups excluding carboxylic acids is 1. The van der Waals surface area contributed by atoms with Crippen LogP contribution in [0.2, 0.25) is 4.34 Å². The van der Waals surface area contributed by atoms with Crippen LogP contribution in [0.25, 0.3) is 16.5 Å². The molecule has 33 heavy (non-hydrogen) atoms. The maximum Gasteiger partial charge on any atom is 0.333 e. The predicted molar refractivity (Wildman–Crippen MR) is 130 cm³/mol. The second kappa shape index (κ2) is 9.18. The zero-order valence-corrected chi connectivity index (χ0v) is 20.0. The van der Waals surface area contributed by atoms with Gasteiger partial charge in [0.25, 0.3) is 15.6 Å². The standard InChI is InChI=1S/C21H15ClFN3O4S3/c1-31-14-4-2-12-8-9-26(20(27)15(12)11-14)17-5-3-13(10-16(17)23)24-21(28)25-33(29,30)19-7-6-18(22)32-19/h2-11H,1H3,(H2,24,25,28). The average Bonchev–Trinajstić information content (AvgIpc) is 3.21. The summed E-state index contributed by atoms with van der Waals surface area (Å²) in [5, 5.41) is 3.45. The zero-order chi connectivity index (χ0) is 23.8. The van der Waals surface area contributed by atoms with Gasteiger partial charge in [0.05, 0.1) is 10.0 Å². The number of thioether (sulfide) groups is 1. The molecule has 0 radical (unpaired) electrons. The number of thiophene rings is 1. The fraction of sp³-hybridized carbons (Fsp3) is 0.0476. The number of sulfonamides is 1. The van der Waals surface area contributed by atoms with Gasteiger partial charge in [-0.15, -0.1) is 23.1 Å². The van der Waals surface area contributed by atoms with E-state index in [4.69, 9.17) is 11.6 Å². The van der Waals surface area contributed by atoms with Gasteiger partial charge in [-0.3, -0.25) is 9.36 Å². The van der Waals surface area contributed by atoms with Gasteiger partial charge in [0.1, 0.15) is 10.0 Å². The van der Waals surface area contributed by atoms with Gasteiger partial charge in [-0.2, -0.15) is 0 Å². The van der Waals surface area contributed by atoms with E-state index < -0.39 is 21.9 Å². The van der Waals surface area contributed by atoms with Gasteiger partial charge in [-0.25, -0.2) is 22.3 Å². The van der Waals surface area contributed by atoms with E-state index in [0.29, 0.717) is 5.39 Å². The summed E-state index contributed by atoms with van der Waals surface area (Å²) in [6.07, 6.45) is 3.37. The summed E-state index contributed by atoms with van der Waals surface area (Å²) in [5.74, 6) is -0.775. The number of carbonyl (C=O) groups is 1. The van der Waals surface area contributed by atoms with Gasteiger partial charge in [0.2, 0.25) is 0 Å². The van der Waals surface area contributed by atoms with Crippen molar-refractivity contribution >= 4 is 67.2 Å². The van der Waals surface area contributed by atoms with E-state index in [9.17, 15) is 22.4 Å². The van der Waals surface area contributed by atoms with Crippen molar-refractivity contribution < 1.29 is 17.6 Å². The van der Waals surface area contributed by atoms with Crippen LogP contribution in [-0.4, -0.2) is 25.3 Å². The SMILES string of the molecule is CSc1ccc2ccn(-c3ccc(NC(=O)NS(=O)(=O)c4ccc(Cl)s4)cc3F)c(=O)c2c1. The molecule has 0 fully saturated rings. The number of benzene rings is 2. The minimum Gasteiger partial charge on any atom is -0.307 e. The number of aromatic nitrogens is 1. The highest BCUT2D eigenvalue weighted by atomic mass is 35.5. The minimum absolute atomic E-state index is 0.00618. The molecule has 0 saturated heterocycles. The highest BCUT2D eigenvalue weighted by molar-refractivity contribution is 7.98. The van der Waals surface area contributed by atoms with E-state index in [1.54, 1.807) is 12.1 Å². The van der Waals surface area contributed by atoms with E-state index in [1.807, 2.05) is 23.1 Å². The molecule has 4 aromatic rings. The van der Waals surface area contributed by atoms with Crippen molar-refractivity contribution in [3.05, 3.63) is 81.3 Å². The number of fused-ring (bicyclic) bond motifs is 1. The Balaban J connectivity index is 1.58. The summed E-state index contributed by atoms with van der Waals surface area (Å²) in [6, 6.07) is 12.5. The number of halogens is 2. The summed E-state index contributed by atoms with van der Waals surface area (Å²) < 4.78 is 42.4. The Morgan fingerprint density at radius 2 is 1.91 bits per heavy atom. The molecule has 0 aliphatic rings. The molecular weight excluding hydrogens is 509 g/mol. The lowest BCUT2D eigenvalue weighted by Gasteiger charge is -2.11. The number of anilines is 1. The quantitative estimate of drug-likeness (QED) is 0.356. The predicted octanol–water partition coefficient (Wildman–Crippen LogP) is 5.08. The smallest absolute Gasteiger partial charge is 0.307 e. The summed E-state index contributed by atoms with van der Waals surface area (Å²) in [5.41, 5.74) is -0.392. The molecule has 2 aromatic carbocycles. The van der Waals surface area contributed by atoms with Crippen LogP contribution in [0.1, 0.15) is 0 Å². The average molecular weight is 524 g/mol. The van der Waals surface area contributed by atoms with Crippen molar-refractivity contribution in [1.82, 2.24) is 9.29 Å². The summed E-state index contributed by atoms with van der Waals surface area (Å²) in [7, 11) is -4.12. The van der Waals surface area contributed by atoms with Crippen LogP contribution in [0.15, 0.2) is 74.7 Å². The Morgan fingerprint density at radius 3 is 2.58 bits per heavy atom. The van der Waals surface area contributed by atoms with E-state index in [2.05, 4.69) is 5.32 Å². The lowest BCUT2D eigenvalue weighted by molar-refractivity contribution is 0.256. The molecule has 4 rings (SSSR count). The first-order valence-electron chi connectivity index (χ1n) is 9.26. The molecule has 0 aliphatic heterocycles. The van der Waals surface area contributed by atoms with Crippen molar-refractivity contribution in [2.45, 2.75) is 9.10 Å². The molecule has 0 saturated carbocycles. The van der Waals surface area contributed by atoms with Gasteiger partial charge in [-0.05, 0) is 60.2 Å². The summed E-state index contributed by atoms with van der Waals surface area (Å²) >= 11 is 8.01. The maximum atomic E-state index is 14.9. The van der Waals surface area contributed by atoms with Crippen molar-refractivity contribution in [2.24, 2.45) is 0 Å². The van der Waals surface area contributed by atoms with E-state index in [-0.39, 0.29) is 25.5 Å². The second-order valence-corrected chi connectivity index (χ2v) is 11.2. The number of pyridine rings is 1. The van der Waals surface area contributed by atoms with Gasteiger partial charge < -0.3 is 5.32 Å². The highest BCUT2D eigenvalue weighted by Crippen LogP contribution is 2.26. The molecule has 170 valence electrons. The lowest BCUT2D eigenvalue weighted by Crippen LogP contribution is -2.34. The number of rotatable bonds is 5. The first kappa shape index (κ1) is 23.3. The fourth-order valence-electron chi connectivity index (χ4n) is 3.09. The third-order valence-corrected chi connectivity index (χ3v) is 8.40. The number of hydrogen-bond acceptors (Lipinski definition) is 6. The first-order chi connectivity index (χ1) is 15.7. The van der Waals surface area contributed by atoms with E-state index in [0.717, 1.165) is 27.7 Å². The molecule has 2 N–H and O–H groups in total. The van der Waals surface area contributed by atoms with Crippen molar-refractivity contribution in [1.29, 1.82) is 0 Å². The maximum absolute atomic E-state index is 14.9. The molecule has 0 aliphatic carbocycles. The van der Waals surface area contributed by atoms with Crippen LogP contribution >= 0.6 is 34.7 Å². The number of amides is 2. The normalized spacial score (nSPS) is 11.5. The number of nitrogens with zero attached hydrogens (tertiary/aromatic N) is 1. The largest absolute Gasteiger partial charge is 0.333 e. The third kappa shape index (κ3) is 4.91. The Bertz CT molecular complexity index is 1550. The van der Waals surface area contributed by atoms with Crippen LogP contribution in [0, 0.1) is 5.82 Å². The molecule has 12 heteroatoms. The third-order valence-electron chi connectivity index (χ3n) is 4.62. The highest BCUT2D eigenvalue weighted by Gasteiger charge is 2.20. The van der Waals surface area contributed by atoms with Gasteiger partial charge in [0, 0.05) is 22.2 Å². The van der Waals surface area contributed by atoms with Crippen LogP contribution in [0.4, 0.5) is 14.9 Å². The zero-order valence-electron chi connectivity index (χ0n) is 16.8. The van der Waals surface area contributed by atoms with Crippen LogP contribution in [0.3, 0.4) is 0 Å². The molecule has 0 unspecified atom stereocenters. The van der Waals surface area contributed by atoms with E-state index in [1.165, 1.54) is 46.8 Å². The van der Waals surface area contributed by atoms with E-state index >= 15 is 0 Å². The number of nitrogens with one attached hydrogen (secondary N) is 2. The molecule has 7 nitrogen and oxygen atoms in total. The lowest BCUT2D eigenvalue weighted by atomic mass is 10.1. The molecule has 0 spiro atoms. The Kier molecular flexibility index (Phi) is 6.48. The first-order valence-corrected chi connectivity index (χ1v) is 13.2. The molecular formula is C21H15ClFN3O4S3. The van der Waals surface area contributed by atoms with Gasteiger partial charge >= 0.3 is 6.03 Å². The second-order valence-electron chi connectivity index (χ2n) is 6.73. The Labute approximate surface area is 201 Å². The molecule has 2 amide bonds. The van der Waals surface area contributed by atoms with Crippen LogP contribution in [0.5, 0.6) is 0 Å².